The van der Waals surface area contributed by atoms with Gasteiger partial charge in [0.05, 0.1) is 6.10 Å². The zero-order valence-electron chi connectivity index (χ0n) is 11.1. The van der Waals surface area contributed by atoms with Crippen LogP contribution in [0.2, 0.25) is 0 Å². The molecule has 96 valence electrons. The molecule has 1 saturated carbocycles. The van der Waals surface area contributed by atoms with Crippen molar-refractivity contribution in [2.24, 2.45) is 0 Å². The second-order valence-electron chi connectivity index (χ2n) is 5.34. The minimum Gasteiger partial charge on any atom is -0.392 e. The van der Waals surface area contributed by atoms with E-state index < -0.39 is 0 Å². The standard InChI is InChI=1S/C13H28N2O/c1-11(2)15(3)10-6-9-14-12-7-4-5-8-13(12)16/h11-14,16H,4-10H2,1-3H3/t12-,13-/m1/s1. The van der Waals surface area contributed by atoms with E-state index in [1.165, 1.54) is 12.8 Å². The lowest BCUT2D eigenvalue weighted by molar-refractivity contribution is 0.0904. The first-order chi connectivity index (χ1) is 7.61. The summed E-state index contributed by atoms with van der Waals surface area (Å²) < 4.78 is 0. The molecule has 1 aliphatic carbocycles. The third-order valence-corrected chi connectivity index (χ3v) is 3.71. The Kier molecular flexibility index (Phi) is 6.32. The molecule has 0 radical (unpaired) electrons. The van der Waals surface area contributed by atoms with Crippen LogP contribution in [-0.2, 0) is 0 Å². The second kappa shape index (κ2) is 7.25. The maximum absolute atomic E-state index is 9.79. The van der Waals surface area contributed by atoms with Gasteiger partial charge in [0.15, 0.2) is 0 Å². The maximum atomic E-state index is 9.79. The Morgan fingerprint density at radius 1 is 1.31 bits per heavy atom. The Hall–Kier alpha value is -0.120. The van der Waals surface area contributed by atoms with Crippen LogP contribution in [0.4, 0.5) is 0 Å². The zero-order chi connectivity index (χ0) is 12.0. The molecule has 1 rings (SSSR count). The van der Waals surface area contributed by atoms with E-state index in [1.54, 1.807) is 0 Å². The number of rotatable bonds is 6. The van der Waals surface area contributed by atoms with Crippen LogP contribution in [0.3, 0.4) is 0 Å². The fourth-order valence-corrected chi connectivity index (χ4v) is 2.22. The molecule has 0 aliphatic heterocycles. The first kappa shape index (κ1) is 13.9. The highest BCUT2D eigenvalue weighted by atomic mass is 16.3. The Labute approximate surface area is 100 Å². The fraction of sp³-hybridized carbons (Fsp3) is 1.00. The van der Waals surface area contributed by atoms with E-state index in [-0.39, 0.29) is 6.10 Å². The molecule has 2 N–H and O–H groups in total. The van der Waals surface area contributed by atoms with Gasteiger partial charge in [-0.15, -0.1) is 0 Å². The Morgan fingerprint density at radius 3 is 2.62 bits per heavy atom. The first-order valence-electron chi connectivity index (χ1n) is 6.73. The molecule has 0 heterocycles. The van der Waals surface area contributed by atoms with Gasteiger partial charge in [0, 0.05) is 12.1 Å². The summed E-state index contributed by atoms with van der Waals surface area (Å²) in [4.78, 5) is 2.36. The molecule has 0 bridgehead atoms. The second-order valence-corrected chi connectivity index (χ2v) is 5.34. The summed E-state index contributed by atoms with van der Waals surface area (Å²) in [6, 6.07) is 0.971. The lowest BCUT2D eigenvalue weighted by atomic mass is 9.92. The van der Waals surface area contributed by atoms with Crippen LogP contribution in [0.5, 0.6) is 0 Å². The van der Waals surface area contributed by atoms with Crippen molar-refractivity contribution in [1.29, 1.82) is 0 Å². The van der Waals surface area contributed by atoms with Gasteiger partial charge in [-0.25, -0.2) is 0 Å². The van der Waals surface area contributed by atoms with Crippen molar-refractivity contribution >= 4 is 0 Å². The average Bonchev–Trinajstić information content (AvgIpc) is 2.26. The topological polar surface area (TPSA) is 35.5 Å². The smallest absolute Gasteiger partial charge is 0.0693 e. The lowest BCUT2D eigenvalue weighted by Gasteiger charge is -2.29. The van der Waals surface area contributed by atoms with Crippen molar-refractivity contribution in [3.8, 4) is 0 Å². The molecule has 16 heavy (non-hydrogen) atoms. The molecule has 3 nitrogen and oxygen atoms in total. The minimum absolute atomic E-state index is 0.114. The molecule has 3 heteroatoms. The highest BCUT2D eigenvalue weighted by molar-refractivity contribution is 4.80. The highest BCUT2D eigenvalue weighted by Gasteiger charge is 2.21. The van der Waals surface area contributed by atoms with Crippen molar-refractivity contribution in [2.75, 3.05) is 20.1 Å². The number of aliphatic hydroxyl groups is 1. The lowest BCUT2D eigenvalue weighted by Crippen LogP contribution is -2.43. The molecule has 0 aromatic heterocycles. The molecule has 0 unspecified atom stereocenters. The third kappa shape index (κ3) is 4.81. The maximum Gasteiger partial charge on any atom is 0.0693 e. The Morgan fingerprint density at radius 2 is 2.00 bits per heavy atom. The highest BCUT2D eigenvalue weighted by Crippen LogP contribution is 2.18. The van der Waals surface area contributed by atoms with Crippen molar-refractivity contribution in [1.82, 2.24) is 10.2 Å². The van der Waals surface area contributed by atoms with Gasteiger partial charge in [0.1, 0.15) is 0 Å². The van der Waals surface area contributed by atoms with Crippen LogP contribution >= 0.6 is 0 Å². The van der Waals surface area contributed by atoms with E-state index in [0.29, 0.717) is 12.1 Å². The molecule has 0 saturated heterocycles. The van der Waals surface area contributed by atoms with Gasteiger partial charge in [-0.05, 0) is 53.2 Å². The number of aliphatic hydroxyl groups excluding tert-OH is 1. The van der Waals surface area contributed by atoms with Crippen molar-refractivity contribution in [2.45, 2.75) is 64.1 Å². The summed E-state index contributed by atoms with van der Waals surface area (Å²) in [5.74, 6) is 0. The van der Waals surface area contributed by atoms with Crippen LogP contribution in [0.15, 0.2) is 0 Å². The SMILES string of the molecule is CC(C)N(C)CCCN[C@@H]1CCCC[C@H]1O. The molecule has 0 spiro atoms. The molecule has 0 aromatic carbocycles. The third-order valence-electron chi connectivity index (χ3n) is 3.71. The van der Waals surface area contributed by atoms with Gasteiger partial charge in [0.2, 0.25) is 0 Å². The summed E-state index contributed by atoms with van der Waals surface area (Å²) in [7, 11) is 2.17. The van der Waals surface area contributed by atoms with Crippen molar-refractivity contribution in [3.05, 3.63) is 0 Å². The fourth-order valence-electron chi connectivity index (χ4n) is 2.22. The van der Waals surface area contributed by atoms with Gasteiger partial charge < -0.3 is 15.3 Å². The quantitative estimate of drug-likeness (QED) is 0.678. The van der Waals surface area contributed by atoms with Crippen LogP contribution < -0.4 is 5.32 Å². The van der Waals surface area contributed by atoms with E-state index in [0.717, 1.165) is 32.4 Å². The summed E-state index contributed by atoms with van der Waals surface area (Å²) in [5, 5.41) is 13.3. The predicted octanol–water partition coefficient (Wildman–Crippen LogP) is 1.61. The van der Waals surface area contributed by atoms with Gasteiger partial charge >= 0.3 is 0 Å². The molecule has 1 fully saturated rings. The number of nitrogens with zero attached hydrogens (tertiary/aromatic N) is 1. The van der Waals surface area contributed by atoms with Crippen LogP contribution in [0, 0.1) is 0 Å². The molecular weight excluding hydrogens is 200 g/mol. The molecular formula is C13H28N2O. The summed E-state index contributed by atoms with van der Waals surface area (Å²) in [6.07, 6.45) is 5.62. The molecule has 1 aliphatic rings. The summed E-state index contributed by atoms with van der Waals surface area (Å²) in [5.41, 5.74) is 0. The van der Waals surface area contributed by atoms with Crippen LogP contribution in [-0.4, -0.2) is 48.3 Å². The monoisotopic (exact) mass is 228 g/mol. The largest absolute Gasteiger partial charge is 0.392 e. The van der Waals surface area contributed by atoms with Gasteiger partial charge in [0.25, 0.3) is 0 Å². The van der Waals surface area contributed by atoms with Crippen molar-refractivity contribution < 1.29 is 5.11 Å². The van der Waals surface area contributed by atoms with Gasteiger partial charge in [-0.3, -0.25) is 0 Å². The average molecular weight is 228 g/mol. The minimum atomic E-state index is -0.114. The summed E-state index contributed by atoms with van der Waals surface area (Å²) in [6.45, 7) is 6.60. The molecule has 2 atom stereocenters. The number of nitrogens with one attached hydrogen (secondary N) is 1. The zero-order valence-corrected chi connectivity index (χ0v) is 11.1. The van der Waals surface area contributed by atoms with E-state index in [2.05, 4.69) is 31.1 Å². The van der Waals surface area contributed by atoms with E-state index in [9.17, 15) is 5.11 Å². The first-order valence-corrected chi connectivity index (χ1v) is 6.73. The van der Waals surface area contributed by atoms with E-state index in [4.69, 9.17) is 0 Å². The van der Waals surface area contributed by atoms with Crippen molar-refractivity contribution in [3.63, 3.8) is 0 Å². The Bertz CT molecular complexity index is 185. The number of hydrogen-bond acceptors (Lipinski definition) is 3. The van der Waals surface area contributed by atoms with Gasteiger partial charge in [-0.1, -0.05) is 12.8 Å². The normalized spacial score (nSPS) is 26.6. The molecule has 0 amide bonds. The van der Waals surface area contributed by atoms with Gasteiger partial charge in [-0.2, -0.15) is 0 Å². The molecule has 0 aromatic rings. The van der Waals surface area contributed by atoms with E-state index >= 15 is 0 Å². The van der Waals surface area contributed by atoms with Crippen LogP contribution in [0.25, 0.3) is 0 Å². The predicted molar refractivity (Wildman–Crippen MR) is 68.6 cm³/mol. The number of hydrogen-bond donors (Lipinski definition) is 2. The Balaban J connectivity index is 2.06. The van der Waals surface area contributed by atoms with E-state index in [1.807, 2.05) is 0 Å². The summed E-state index contributed by atoms with van der Waals surface area (Å²) >= 11 is 0. The van der Waals surface area contributed by atoms with Crippen LogP contribution in [0.1, 0.15) is 46.0 Å².